The quantitative estimate of drug-likeness (QED) is 0.122. The second-order valence-corrected chi connectivity index (χ2v) is 15.5. The fourth-order valence-corrected chi connectivity index (χ4v) is 7.97. The average Bonchev–Trinajstić information content (AvgIpc) is 3.65. The molecule has 0 aliphatic carbocycles. The van der Waals surface area contributed by atoms with Crippen molar-refractivity contribution in [1.29, 1.82) is 0 Å². The maximum Gasteiger partial charge on any atom is 0.323 e. The third-order valence-corrected chi connectivity index (χ3v) is 11.0. The molecule has 53 heavy (non-hydrogen) atoms. The number of anilines is 2. The van der Waals surface area contributed by atoms with Gasteiger partial charge in [-0.15, -0.1) is 11.3 Å². The first-order chi connectivity index (χ1) is 25.1. The van der Waals surface area contributed by atoms with E-state index >= 15 is 0 Å². The number of halogens is 2. The summed E-state index contributed by atoms with van der Waals surface area (Å²) in [5.41, 5.74) is 2.26. The fraction of sp³-hybridized carbons (Fsp3) is 0.265. The smallest absolute Gasteiger partial charge is 0.323 e. The van der Waals surface area contributed by atoms with Crippen molar-refractivity contribution in [3.05, 3.63) is 101 Å². The Morgan fingerprint density at radius 1 is 0.962 bits per heavy atom. The van der Waals surface area contributed by atoms with Crippen molar-refractivity contribution in [1.82, 2.24) is 9.47 Å². The highest BCUT2D eigenvalue weighted by molar-refractivity contribution is 7.85. The highest BCUT2D eigenvalue weighted by Crippen LogP contribution is 2.45. The normalized spacial score (nSPS) is 16.9. The van der Waals surface area contributed by atoms with Crippen LogP contribution in [0.4, 0.5) is 11.4 Å². The van der Waals surface area contributed by atoms with Crippen LogP contribution in [-0.4, -0.2) is 81.1 Å². The van der Waals surface area contributed by atoms with Gasteiger partial charge in [-0.25, -0.2) is 0 Å². The summed E-state index contributed by atoms with van der Waals surface area (Å²) in [4.78, 5) is 54.7. The Bertz CT molecular complexity index is 2340. The van der Waals surface area contributed by atoms with Crippen LogP contribution in [0.5, 0.6) is 0 Å². The lowest BCUT2D eigenvalue weighted by Crippen LogP contribution is -2.36. The van der Waals surface area contributed by atoms with E-state index in [4.69, 9.17) is 40.2 Å². The molecule has 2 aromatic carbocycles. The number of nitrogens with zero attached hydrogens (tertiary/aromatic N) is 4. The van der Waals surface area contributed by atoms with Crippen LogP contribution in [-0.2, 0) is 42.2 Å². The van der Waals surface area contributed by atoms with Crippen LogP contribution in [0.15, 0.2) is 70.8 Å². The van der Waals surface area contributed by atoms with Gasteiger partial charge < -0.3 is 24.7 Å². The molecule has 1 fully saturated rings. The van der Waals surface area contributed by atoms with Gasteiger partial charge >= 0.3 is 17.8 Å². The first-order valence-electron chi connectivity index (χ1n) is 15.9. The molecule has 0 spiro atoms. The maximum absolute atomic E-state index is 13.8. The van der Waals surface area contributed by atoms with E-state index in [1.54, 1.807) is 24.3 Å². The largest absolute Gasteiger partial charge is 0.480 e. The molecule has 280 valence electrons. The van der Waals surface area contributed by atoms with Crippen molar-refractivity contribution >= 4 is 103 Å². The van der Waals surface area contributed by atoms with E-state index in [1.165, 1.54) is 0 Å². The van der Waals surface area contributed by atoms with Crippen molar-refractivity contribution in [3.8, 4) is 0 Å². The fourth-order valence-electron chi connectivity index (χ4n) is 5.76. The lowest BCUT2D eigenvalue weighted by Gasteiger charge is -2.24. The van der Waals surface area contributed by atoms with Gasteiger partial charge in [-0.1, -0.05) is 59.6 Å². The molecular formula is C34H32Cl2N4O10S3. The van der Waals surface area contributed by atoms with E-state index in [2.05, 4.69) is 0 Å². The number of hydrogen-bond donors (Lipinski definition) is 3. The predicted molar refractivity (Wildman–Crippen MR) is 205 cm³/mol. The van der Waals surface area contributed by atoms with Crippen molar-refractivity contribution in [2.45, 2.75) is 32.7 Å². The van der Waals surface area contributed by atoms with E-state index in [0.29, 0.717) is 52.3 Å². The predicted octanol–water partition coefficient (Wildman–Crippen LogP) is 3.44. The molecule has 0 unspecified atom stereocenters. The Balaban J connectivity index is 1.67. The van der Waals surface area contributed by atoms with Crippen LogP contribution in [0, 0.1) is 0 Å². The molecule has 14 nitrogen and oxygen atoms in total. The second kappa shape index (κ2) is 16.7. The van der Waals surface area contributed by atoms with Crippen LogP contribution >= 0.6 is 46.8 Å². The number of carboxylic acids is 2. The number of aromatic nitrogens is 1. The first-order valence-corrected chi connectivity index (χ1v) is 19.5. The van der Waals surface area contributed by atoms with E-state index < -0.39 is 63.3 Å². The van der Waals surface area contributed by atoms with Crippen molar-refractivity contribution in [2.24, 2.45) is 0 Å². The Kier molecular flexibility index (Phi) is 12.5. The molecule has 0 atom stereocenters. The molecule has 3 N–H and O–H groups in total. The SMILES string of the molecule is CCN1C(=CC=C(C=c2sc(=C3OC(=S)N(CC(=O)O)C3=O)n(CC(=O)O)c2=O)Cc2ccccc2)N(CCCCS(=O)(=O)O)c2cc(Cl)c(Cl)cc21. The number of amides is 1. The number of thiazole rings is 1. The van der Waals surface area contributed by atoms with Gasteiger partial charge in [-0.05, 0) is 73.8 Å². The minimum absolute atomic E-state index is 0.0658. The van der Waals surface area contributed by atoms with Gasteiger partial charge in [0.2, 0.25) is 5.76 Å². The van der Waals surface area contributed by atoms with Crippen LogP contribution in [0.2, 0.25) is 10.0 Å². The number of carboxylic acid groups (broad SMARTS) is 2. The van der Waals surface area contributed by atoms with E-state index in [9.17, 15) is 42.4 Å². The summed E-state index contributed by atoms with van der Waals surface area (Å²) >= 11 is 18.7. The topological polar surface area (TPSA) is 187 Å². The van der Waals surface area contributed by atoms with Gasteiger partial charge in [0.25, 0.3) is 20.9 Å². The van der Waals surface area contributed by atoms with Crippen molar-refractivity contribution < 1.29 is 42.3 Å². The Morgan fingerprint density at radius 3 is 2.21 bits per heavy atom. The maximum atomic E-state index is 13.8. The molecule has 0 radical (unpaired) electrons. The Hall–Kier alpha value is -4.52. The number of hydrogen-bond acceptors (Lipinski definition) is 11. The number of unbranched alkanes of at least 4 members (excludes halogenated alkanes) is 1. The lowest BCUT2D eigenvalue weighted by atomic mass is 10.0. The van der Waals surface area contributed by atoms with Crippen molar-refractivity contribution in [3.63, 3.8) is 0 Å². The van der Waals surface area contributed by atoms with Gasteiger partial charge in [-0.3, -0.25) is 33.2 Å². The zero-order valence-corrected chi connectivity index (χ0v) is 31.9. The average molecular weight is 824 g/mol. The molecule has 1 aromatic heterocycles. The molecule has 0 saturated carbocycles. The number of carbonyl (C=O) groups is 3. The summed E-state index contributed by atoms with van der Waals surface area (Å²) in [7, 11) is -4.15. The number of aliphatic carboxylic acids is 2. The van der Waals surface area contributed by atoms with E-state index in [0.717, 1.165) is 32.8 Å². The molecule has 0 bridgehead atoms. The standard InChI is InChI=1S/C34H32Cl2N4O10S3/c1-2-37-24-16-22(35)23(36)17-25(24)38(12-6-7-13-53(47,48)49)27(37)11-10-21(14-20-8-4-3-5-9-20)15-26-31(45)39(18-28(41)42)33(52-26)30-32(46)40(19-29(43)44)34(51)50-30/h3-5,8-11,15-17H,2,6-7,12-14,18-19H2,1H3,(H,41,42)(H,43,44)(H,47,48,49). The first kappa shape index (κ1) is 39.7. The molecule has 3 aromatic rings. The third kappa shape index (κ3) is 9.35. The number of ether oxygens (including phenoxy) is 1. The van der Waals surface area contributed by atoms with E-state index in [-0.39, 0.29) is 15.6 Å². The minimum Gasteiger partial charge on any atom is -0.480 e. The number of rotatable bonds is 14. The molecular weight excluding hydrogens is 791 g/mol. The molecule has 5 rings (SSSR count). The number of benzene rings is 2. The summed E-state index contributed by atoms with van der Waals surface area (Å²) in [6, 6.07) is 12.8. The number of allylic oxidation sites excluding steroid dienone is 3. The summed E-state index contributed by atoms with van der Waals surface area (Å²) in [5.74, 6) is -3.81. The van der Waals surface area contributed by atoms with Crippen LogP contribution in [0.3, 0.4) is 0 Å². The number of carbonyl (C=O) groups excluding carboxylic acids is 1. The highest BCUT2D eigenvalue weighted by Gasteiger charge is 2.37. The van der Waals surface area contributed by atoms with Crippen LogP contribution in [0.25, 0.3) is 11.8 Å². The summed E-state index contributed by atoms with van der Waals surface area (Å²) in [6.07, 6.45) is 6.11. The van der Waals surface area contributed by atoms with Crippen molar-refractivity contribution in [2.75, 3.05) is 35.2 Å². The Labute approximate surface area is 322 Å². The molecule has 2 aliphatic rings. The minimum atomic E-state index is -4.15. The second-order valence-electron chi connectivity index (χ2n) is 11.8. The molecule has 1 amide bonds. The molecule has 1 saturated heterocycles. The van der Waals surface area contributed by atoms with E-state index in [1.807, 2.05) is 53.1 Å². The zero-order valence-electron chi connectivity index (χ0n) is 27.9. The third-order valence-electron chi connectivity index (χ3n) is 8.05. The van der Waals surface area contributed by atoms with Gasteiger partial charge in [0.1, 0.15) is 23.6 Å². The summed E-state index contributed by atoms with van der Waals surface area (Å²) < 4.78 is 38.2. The van der Waals surface area contributed by atoms with Crippen LogP contribution < -0.4 is 24.6 Å². The molecule has 2 aliphatic heterocycles. The van der Waals surface area contributed by atoms with Gasteiger partial charge in [-0.2, -0.15) is 8.42 Å². The summed E-state index contributed by atoms with van der Waals surface area (Å²) in [5, 5.41) is 19.1. The monoisotopic (exact) mass is 822 g/mol. The molecule has 3 heterocycles. The lowest BCUT2D eigenvalue weighted by molar-refractivity contribution is -0.140. The zero-order chi connectivity index (χ0) is 38.6. The number of fused-ring (bicyclic) bond motifs is 1. The molecule has 19 heteroatoms. The summed E-state index contributed by atoms with van der Waals surface area (Å²) in [6.45, 7) is 1.20. The van der Waals surface area contributed by atoms with Gasteiger partial charge in [0, 0.05) is 13.1 Å². The number of thiocarbonyl (C=S) groups is 1. The highest BCUT2D eigenvalue weighted by atomic mass is 35.5. The van der Waals surface area contributed by atoms with Gasteiger partial charge in [0.15, 0.2) is 0 Å². The van der Waals surface area contributed by atoms with Gasteiger partial charge in [0.05, 0.1) is 31.7 Å². The van der Waals surface area contributed by atoms with Crippen LogP contribution in [0.1, 0.15) is 25.3 Å². The Morgan fingerprint density at radius 2 is 1.60 bits per heavy atom.